The molecule has 1 heterocycles. The molecule has 1 unspecified atom stereocenters. The number of carbonyl (C=O) groups excluding carboxylic acids is 1. The van der Waals surface area contributed by atoms with Crippen LogP contribution in [0.1, 0.15) is 44.6 Å². The van der Waals surface area contributed by atoms with Crippen molar-refractivity contribution < 1.29 is 19.4 Å². The minimum atomic E-state index is -1.02. The molecule has 8 heteroatoms. The van der Waals surface area contributed by atoms with Crippen LogP contribution < -0.4 is 10.1 Å². The number of carboxylic acids is 1. The third-order valence-corrected chi connectivity index (χ3v) is 4.71. The smallest absolute Gasteiger partial charge is 0.305 e. The van der Waals surface area contributed by atoms with Crippen LogP contribution in [0.25, 0.3) is 0 Å². The summed E-state index contributed by atoms with van der Waals surface area (Å²) in [5.41, 5.74) is 0.851. The molecule has 7 nitrogen and oxygen atoms in total. The van der Waals surface area contributed by atoms with E-state index < -0.39 is 11.2 Å². The fraction of sp³-hybridized carbons (Fsp3) is 0.444. The van der Waals surface area contributed by atoms with E-state index in [4.69, 9.17) is 9.84 Å². The Hall–Kier alpha value is -2.35. The van der Waals surface area contributed by atoms with Gasteiger partial charge in [-0.1, -0.05) is 37.9 Å². The van der Waals surface area contributed by atoms with Crippen molar-refractivity contribution in [1.82, 2.24) is 5.32 Å². The zero-order valence-corrected chi connectivity index (χ0v) is 15.5. The normalized spacial score (nSPS) is 18.4. The molecule has 1 aliphatic heterocycles. The van der Waals surface area contributed by atoms with Crippen molar-refractivity contribution in [2.75, 3.05) is 6.61 Å². The van der Waals surface area contributed by atoms with Crippen LogP contribution in [0.2, 0.25) is 0 Å². The Kier molecular flexibility index (Phi) is 8.14. The van der Waals surface area contributed by atoms with E-state index in [1.54, 1.807) is 6.21 Å². The molecule has 1 aromatic carbocycles. The van der Waals surface area contributed by atoms with Crippen LogP contribution in [0.5, 0.6) is 5.75 Å². The quantitative estimate of drug-likeness (QED) is 0.371. The summed E-state index contributed by atoms with van der Waals surface area (Å²) in [5, 5.41) is 18.8. The average Bonchev–Trinajstić information content (AvgIpc) is 2.95. The lowest BCUT2D eigenvalue weighted by Gasteiger charge is -2.05. The first-order valence-electron chi connectivity index (χ1n) is 8.61. The van der Waals surface area contributed by atoms with E-state index in [2.05, 4.69) is 22.4 Å². The highest BCUT2D eigenvalue weighted by molar-refractivity contribution is 8.15. The SMILES string of the molecule is CCCCCCOc1ccc(C=NN=C2NC(=O)C(CC(=O)O)S2)cc1. The Bertz CT molecular complexity index is 674. The van der Waals surface area contributed by atoms with Crippen LogP contribution in [0.15, 0.2) is 34.5 Å². The topological polar surface area (TPSA) is 100 Å². The Morgan fingerprint density at radius 2 is 2.08 bits per heavy atom. The van der Waals surface area contributed by atoms with Crippen molar-refractivity contribution in [3.8, 4) is 5.75 Å². The number of amides is 1. The van der Waals surface area contributed by atoms with Crippen molar-refractivity contribution in [3.05, 3.63) is 29.8 Å². The lowest BCUT2D eigenvalue weighted by molar-refractivity contribution is -0.138. The van der Waals surface area contributed by atoms with Gasteiger partial charge < -0.3 is 15.2 Å². The molecule has 2 N–H and O–H groups in total. The van der Waals surface area contributed by atoms with Crippen molar-refractivity contribution in [3.63, 3.8) is 0 Å². The number of thioether (sulfide) groups is 1. The number of carboxylic acid groups (broad SMARTS) is 1. The lowest BCUT2D eigenvalue weighted by Crippen LogP contribution is -2.26. The molecule has 0 spiro atoms. The van der Waals surface area contributed by atoms with E-state index in [0.717, 1.165) is 36.1 Å². The summed E-state index contributed by atoms with van der Waals surface area (Å²) in [4.78, 5) is 22.3. The molecule has 0 aliphatic carbocycles. The summed E-state index contributed by atoms with van der Waals surface area (Å²) in [7, 11) is 0. The maximum atomic E-state index is 11.6. The van der Waals surface area contributed by atoms with Gasteiger partial charge in [0.25, 0.3) is 0 Å². The second-order valence-electron chi connectivity index (χ2n) is 5.82. The number of aliphatic carboxylic acids is 1. The number of benzene rings is 1. The largest absolute Gasteiger partial charge is 0.494 e. The van der Waals surface area contributed by atoms with Crippen LogP contribution >= 0.6 is 11.8 Å². The van der Waals surface area contributed by atoms with Gasteiger partial charge in [-0.05, 0) is 36.2 Å². The summed E-state index contributed by atoms with van der Waals surface area (Å²) >= 11 is 1.07. The minimum absolute atomic E-state index is 0.237. The number of nitrogens with zero attached hydrogens (tertiary/aromatic N) is 2. The lowest BCUT2D eigenvalue weighted by atomic mass is 10.2. The molecule has 1 atom stereocenters. The molecule has 1 saturated heterocycles. The van der Waals surface area contributed by atoms with Crippen molar-refractivity contribution >= 4 is 35.0 Å². The summed E-state index contributed by atoms with van der Waals surface area (Å²) in [6, 6.07) is 7.50. The molecule has 0 bridgehead atoms. The van der Waals surface area contributed by atoms with Crippen molar-refractivity contribution in [2.24, 2.45) is 10.2 Å². The molecular weight excluding hydrogens is 354 g/mol. The Labute approximate surface area is 156 Å². The molecule has 0 aromatic heterocycles. The number of ether oxygens (including phenoxy) is 1. The molecule has 140 valence electrons. The molecule has 1 aliphatic rings. The van der Waals surface area contributed by atoms with Crippen LogP contribution in [0, 0.1) is 0 Å². The number of amidine groups is 1. The van der Waals surface area contributed by atoms with Gasteiger partial charge in [-0.25, -0.2) is 0 Å². The van der Waals surface area contributed by atoms with Gasteiger partial charge in [-0.3, -0.25) is 9.59 Å². The van der Waals surface area contributed by atoms with Crippen molar-refractivity contribution in [2.45, 2.75) is 44.3 Å². The maximum absolute atomic E-state index is 11.6. The van der Waals surface area contributed by atoms with E-state index >= 15 is 0 Å². The van der Waals surface area contributed by atoms with Gasteiger partial charge in [0.1, 0.15) is 11.0 Å². The summed E-state index contributed by atoms with van der Waals surface area (Å²) in [5.74, 6) is -0.554. The Morgan fingerprint density at radius 3 is 2.77 bits per heavy atom. The first-order valence-corrected chi connectivity index (χ1v) is 9.49. The predicted molar refractivity (Wildman–Crippen MR) is 103 cm³/mol. The Morgan fingerprint density at radius 1 is 1.31 bits per heavy atom. The third-order valence-electron chi connectivity index (χ3n) is 3.64. The number of rotatable bonds is 10. The molecule has 1 fully saturated rings. The molecule has 0 saturated carbocycles. The molecule has 1 amide bonds. The maximum Gasteiger partial charge on any atom is 0.305 e. The first kappa shape index (κ1) is 20.0. The monoisotopic (exact) mass is 377 g/mol. The number of carbonyl (C=O) groups is 2. The second-order valence-corrected chi connectivity index (χ2v) is 7.01. The van der Waals surface area contributed by atoms with E-state index in [-0.39, 0.29) is 12.3 Å². The highest BCUT2D eigenvalue weighted by Gasteiger charge is 2.32. The van der Waals surface area contributed by atoms with Gasteiger partial charge in [-0.15, -0.1) is 5.10 Å². The molecule has 0 radical (unpaired) electrons. The minimum Gasteiger partial charge on any atom is -0.494 e. The van der Waals surface area contributed by atoms with Gasteiger partial charge in [0.2, 0.25) is 5.91 Å². The highest BCUT2D eigenvalue weighted by Crippen LogP contribution is 2.22. The number of nitrogens with one attached hydrogen (secondary N) is 1. The fourth-order valence-electron chi connectivity index (χ4n) is 2.26. The first-order chi connectivity index (χ1) is 12.6. The third kappa shape index (κ3) is 6.87. The zero-order chi connectivity index (χ0) is 18.8. The van der Waals surface area contributed by atoms with Crippen LogP contribution in [-0.2, 0) is 9.59 Å². The number of hydrogen-bond donors (Lipinski definition) is 2. The fourth-order valence-corrected chi connectivity index (χ4v) is 3.18. The van der Waals surface area contributed by atoms with E-state index in [1.807, 2.05) is 24.3 Å². The molecule has 26 heavy (non-hydrogen) atoms. The molecule has 2 rings (SSSR count). The van der Waals surface area contributed by atoms with E-state index in [9.17, 15) is 9.59 Å². The van der Waals surface area contributed by atoms with Gasteiger partial charge in [-0.2, -0.15) is 5.10 Å². The number of hydrogen-bond acceptors (Lipinski definition) is 6. The summed E-state index contributed by atoms with van der Waals surface area (Å²) in [6.45, 7) is 2.90. The molecule has 1 aromatic rings. The van der Waals surface area contributed by atoms with Gasteiger partial charge in [0, 0.05) is 0 Å². The molecular formula is C18H23N3O4S. The van der Waals surface area contributed by atoms with Crippen LogP contribution in [0.4, 0.5) is 0 Å². The summed E-state index contributed by atoms with van der Waals surface area (Å²) < 4.78 is 5.68. The van der Waals surface area contributed by atoms with Crippen LogP contribution in [-0.4, -0.2) is 40.2 Å². The van der Waals surface area contributed by atoms with Gasteiger partial charge in [0.05, 0.1) is 19.2 Å². The predicted octanol–water partition coefficient (Wildman–Crippen LogP) is 3.04. The average molecular weight is 377 g/mol. The number of unbranched alkanes of at least 4 members (excludes halogenated alkanes) is 3. The Balaban J connectivity index is 1.79. The standard InChI is InChI=1S/C18H23N3O4S/c1-2-3-4-5-10-25-14-8-6-13(7-9-14)12-19-21-18-20-17(24)15(26-18)11-16(22)23/h6-9,12,15H,2-5,10-11H2,1H3,(H,22,23)(H,20,21,24). The second kappa shape index (κ2) is 10.6. The summed E-state index contributed by atoms with van der Waals surface area (Å²) in [6.07, 6.45) is 6.01. The van der Waals surface area contributed by atoms with E-state index in [0.29, 0.717) is 5.17 Å². The zero-order valence-electron chi connectivity index (χ0n) is 14.7. The highest BCUT2D eigenvalue weighted by atomic mass is 32.2. The van der Waals surface area contributed by atoms with E-state index in [1.165, 1.54) is 19.3 Å². The van der Waals surface area contributed by atoms with Crippen molar-refractivity contribution in [1.29, 1.82) is 0 Å². The van der Waals surface area contributed by atoms with Gasteiger partial charge >= 0.3 is 5.97 Å². The van der Waals surface area contributed by atoms with Gasteiger partial charge in [0.15, 0.2) is 5.17 Å². The van der Waals surface area contributed by atoms with Crippen LogP contribution in [0.3, 0.4) is 0 Å².